The van der Waals surface area contributed by atoms with Crippen LogP contribution in [0, 0.1) is 5.82 Å². The molecule has 1 aromatic heterocycles. The fraction of sp³-hybridized carbons (Fsp3) is 0.267. The van der Waals surface area contributed by atoms with Gasteiger partial charge in [0.05, 0.1) is 0 Å². The highest BCUT2D eigenvalue weighted by molar-refractivity contribution is 5.61. The van der Waals surface area contributed by atoms with E-state index in [1.165, 1.54) is 12.1 Å². The summed E-state index contributed by atoms with van der Waals surface area (Å²) in [4.78, 5) is 6.39. The summed E-state index contributed by atoms with van der Waals surface area (Å²) in [6.07, 6.45) is 1.77. The van der Waals surface area contributed by atoms with Crippen LogP contribution in [0.5, 0.6) is 0 Å². The van der Waals surface area contributed by atoms with Crippen molar-refractivity contribution in [3.8, 4) is 0 Å². The van der Waals surface area contributed by atoms with E-state index in [0.717, 1.165) is 30.2 Å². The molecule has 0 aliphatic carbocycles. The van der Waals surface area contributed by atoms with E-state index in [-0.39, 0.29) is 5.82 Å². The largest absolute Gasteiger partial charge is 0.329 e. The summed E-state index contributed by atoms with van der Waals surface area (Å²) in [6.45, 7) is 3.75. The predicted octanol–water partition coefficient (Wildman–Crippen LogP) is 3.10. The van der Waals surface area contributed by atoms with E-state index in [2.05, 4.69) is 17.2 Å². The van der Waals surface area contributed by atoms with Gasteiger partial charge < -0.3 is 10.2 Å². The number of rotatable bonds is 5. The lowest BCUT2D eigenvalue weighted by molar-refractivity contribution is 0.628. The molecule has 19 heavy (non-hydrogen) atoms. The first-order chi connectivity index (χ1) is 9.22. The van der Waals surface area contributed by atoms with Gasteiger partial charge in [0, 0.05) is 31.0 Å². The van der Waals surface area contributed by atoms with Crippen molar-refractivity contribution in [2.24, 2.45) is 0 Å². The molecule has 4 heteroatoms. The maximum atomic E-state index is 13.0. The van der Waals surface area contributed by atoms with Gasteiger partial charge in [0.2, 0.25) is 0 Å². The maximum absolute atomic E-state index is 13.0. The lowest BCUT2D eigenvalue weighted by atomic mass is 10.2. The van der Waals surface area contributed by atoms with Crippen molar-refractivity contribution < 1.29 is 4.39 Å². The minimum Gasteiger partial charge on any atom is -0.329 e. The van der Waals surface area contributed by atoms with E-state index >= 15 is 0 Å². The molecule has 100 valence electrons. The topological polar surface area (TPSA) is 28.2 Å². The number of hydrogen-bond donors (Lipinski definition) is 1. The van der Waals surface area contributed by atoms with Crippen molar-refractivity contribution >= 4 is 11.5 Å². The van der Waals surface area contributed by atoms with E-state index in [1.54, 1.807) is 18.3 Å². The van der Waals surface area contributed by atoms with Gasteiger partial charge in [-0.2, -0.15) is 0 Å². The molecule has 0 fully saturated rings. The average Bonchev–Trinajstić information content (AvgIpc) is 2.45. The Labute approximate surface area is 113 Å². The Bertz CT molecular complexity index is 525. The smallest absolute Gasteiger partial charge is 0.137 e. The van der Waals surface area contributed by atoms with E-state index in [0.29, 0.717) is 0 Å². The standard InChI is InChI=1S/C15H18FN3/c1-3-17-11-12-5-4-10-18-15(12)19(2)14-8-6-13(16)7-9-14/h4-10,17H,3,11H2,1-2H3. The van der Waals surface area contributed by atoms with Crippen LogP contribution in [-0.2, 0) is 6.54 Å². The first kappa shape index (κ1) is 13.5. The van der Waals surface area contributed by atoms with Gasteiger partial charge >= 0.3 is 0 Å². The molecule has 0 saturated carbocycles. The van der Waals surface area contributed by atoms with Gasteiger partial charge in [0.15, 0.2) is 0 Å². The van der Waals surface area contributed by atoms with Crippen LogP contribution in [0.2, 0.25) is 0 Å². The lowest BCUT2D eigenvalue weighted by Gasteiger charge is -2.21. The molecule has 0 aliphatic rings. The van der Waals surface area contributed by atoms with Gasteiger partial charge in [-0.15, -0.1) is 0 Å². The molecule has 0 atom stereocenters. The highest BCUT2D eigenvalue weighted by atomic mass is 19.1. The van der Waals surface area contributed by atoms with Crippen molar-refractivity contribution in [1.82, 2.24) is 10.3 Å². The zero-order chi connectivity index (χ0) is 13.7. The van der Waals surface area contributed by atoms with Gasteiger partial charge in [-0.3, -0.25) is 0 Å². The summed E-state index contributed by atoms with van der Waals surface area (Å²) in [7, 11) is 1.94. The Balaban J connectivity index is 2.27. The number of anilines is 2. The van der Waals surface area contributed by atoms with Gasteiger partial charge in [-0.05, 0) is 36.9 Å². The van der Waals surface area contributed by atoms with Gasteiger partial charge in [-0.1, -0.05) is 13.0 Å². The van der Waals surface area contributed by atoms with Crippen molar-refractivity contribution in [3.63, 3.8) is 0 Å². The molecular weight excluding hydrogens is 241 g/mol. The number of benzene rings is 1. The molecule has 2 rings (SSSR count). The average molecular weight is 259 g/mol. The number of hydrogen-bond acceptors (Lipinski definition) is 3. The molecule has 1 aromatic carbocycles. The molecule has 0 spiro atoms. The summed E-state index contributed by atoms with van der Waals surface area (Å²) in [6, 6.07) is 10.4. The molecule has 0 saturated heterocycles. The lowest BCUT2D eigenvalue weighted by Crippen LogP contribution is -2.18. The number of pyridine rings is 1. The third kappa shape index (κ3) is 3.29. The normalized spacial score (nSPS) is 10.5. The predicted molar refractivity (Wildman–Crippen MR) is 76.1 cm³/mol. The maximum Gasteiger partial charge on any atom is 0.137 e. The van der Waals surface area contributed by atoms with Crippen LogP contribution in [0.1, 0.15) is 12.5 Å². The Hall–Kier alpha value is -1.94. The molecule has 0 bridgehead atoms. The summed E-state index contributed by atoms with van der Waals surface area (Å²) in [5.41, 5.74) is 2.04. The molecule has 0 aliphatic heterocycles. The summed E-state index contributed by atoms with van der Waals surface area (Å²) < 4.78 is 13.0. The molecular formula is C15H18FN3. The van der Waals surface area contributed by atoms with Crippen LogP contribution in [0.4, 0.5) is 15.9 Å². The second-order valence-corrected chi connectivity index (χ2v) is 4.30. The molecule has 2 aromatic rings. The van der Waals surface area contributed by atoms with E-state index in [9.17, 15) is 4.39 Å². The fourth-order valence-corrected chi connectivity index (χ4v) is 1.92. The summed E-state index contributed by atoms with van der Waals surface area (Å²) in [5.74, 6) is 0.654. The third-order valence-electron chi connectivity index (χ3n) is 2.96. The van der Waals surface area contributed by atoms with Crippen LogP contribution < -0.4 is 10.2 Å². The molecule has 1 N–H and O–H groups in total. The fourth-order valence-electron chi connectivity index (χ4n) is 1.92. The van der Waals surface area contributed by atoms with Crippen LogP contribution >= 0.6 is 0 Å². The zero-order valence-electron chi connectivity index (χ0n) is 11.2. The minimum absolute atomic E-state index is 0.231. The number of nitrogens with zero attached hydrogens (tertiary/aromatic N) is 2. The van der Waals surface area contributed by atoms with Crippen LogP contribution in [0.3, 0.4) is 0 Å². The summed E-state index contributed by atoms with van der Waals surface area (Å²) >= 11 is 0. The quantitative estimate of drug-likeness (QED) is 0.894. The van der Waals surface area contributed by atoms with Crippen LogP contribution in [0.15, 0.2) is 42.6 Å². The van der Waals surface area contributed by atoms with E-state index in [4.69, 9.17) is 0 Å². The second kappa shape index (κ2) is 6.29. The monoisotopic (exact) mass is 259 g/mol. The van der Waals surface area contributed by atoms with Gasteiger partial charge in [0.1, 0.15) is 11.6 Å². The SMILES string of the molecule is CCNCc1cccnc1N(C)c1ccc(F)cc1. The second-order valence-electron chi connectivity index (χ2n) is 4.30. The Morgan fingerprint density at radius 2 is 1.95 bits per heavy atom. The molecule has 3 nitrogen and oxygen atoms in total. The molecule has 0 radical (unpaired) electrons. The first-order valence-corrected chi connectivity index (χ1v) is 6.36. The number of halogens is 1. The van der Waals surface area contributed by atoms with Crippen molar-refractivity contribution in [3.05, 3.63) is 54.0 Å². The first-order valence-electron chi connectivity index (χ1n) is 6.36. The number of nitrogens with one attached hydrogen (secondary N) is 1. The Morgan fingerprint density at radius 3 is 2.63 bits per heavy atom. The van der Waals surface area contributed by atoms with Crippen molar-refractivity contribution in [2.45, 2.75) is 13.5 Å². The molecule has 1 heterocycles. The van der Waals surface area contributed by atoms with E-state index in [1.807, 2.05) is 24.1 Å². The summed E-state index contributed by atoms with van der Waals surface area (Å²) in [5, 5.41) is 3.29. The van der Waals surface area contributed by atoms with E-state index < -0.39 is 0 Å². The minimum atomic E-state index is -0.231. The zero-order valence-corrected chi connectivity index (χ0v) is 11.2. The van der Waals surface area contributed by atoms with Crippen LogP contribution in [0.25, 0.3) is 0 Å². The molecule has 0 amide bonds. The number of aromatic nitrogens is 1. The van der Waals surface area contributed by atoms with Crippen molar-refractivity contribution in [1.29, 1.82) is 0 Å². The molecule has 0 unspecified atom stereocenters. The highest BCUT2D eigenvalue weighted by Gasteiger charge is 2.10. The van der Waals surface area contributed by atoms with Gasteiger partial charge in [0.25, 0.3) is 0 Å². The van der Waals surface area contributed by atoms with Crippen molar-refractivity contribution in [2.75, 3.05) is 18.5 Å². The Morgan fingerprint density at radius 1 is 1.21 bits per heavy atom. The highest BCUT2D eigenvalue weighted by Crippen LogP contribution is 2.24. The van der Waals surface area contributed by atoms with Gasteiger partial charge in [-0.25, -0.2) is 9.37 Å². The Kier molecular flexibility index (Phi) is 4.47. The third-order valence-corrected chi connectivity index (χ3v) is 2.96. The van der Waals surface area contributed by atoms with Crippen LogP contribution in [-0.4, -0.2) is 18.6 Å².